The number of piperidine rings is 2. The molecular formula is C12H23N. The molecule has 0 radical (unpaired) electrons. The van der Waals surface area contributed by atoms with Crippen LogP contribution in [-0.4, -0.2) is 23.5 Å². The average molecular weight is 181 g/mol. The van der Waals surface area contributed by atoms with Crippen molar-refractivity contribution in [3.05, 3.63) is 0 Å². The Morgan fingerprint density at radius 3 is 2.38 bits per heavy atom. The summed E-state index contributed by atoms with van der Waals surface area (Å²) < 4.78 is 0. The molecule has 1 nitrogen and oxygen atoms in total. The fourth-order valence-electron chi connectivity index (χ4n) is 3.23. The van der Waals surface area contributed by atoms with Gasteiger partial charge >= 0.3 is 0 Å². The first kappa shape index (κ1) is 9.51. The van der Waals surface area contributed by atoms with Crippen LogP contribution in [0, 0.1) is 5.92 Å². The van der Waals surface area contributed by atoms with Crippen LogP contribution >= 0.6 is 0 Å². The first-order valence-electron chi connectivity index (χ1n) is 6.07. The van der Waals surface area contributed by atoms with Crippen LogP contribution in [0.2, 0.25) is 0 Å². The molecule has 3 aliphatic rings. The van der Waals surface area contributed by atoms with Crippen molar-refractivity contribution in [3.63, 3.8) is 0 Å². The molecule has 1 aliphatic carbocycles. The zero-order valence-electron chi connectivity index (χ0n) is 9.13. The van der Waals surface area contributed by atoms with E-state index < -0.39 is 0 Å². The largest absolute Gasteiger partial charge is 0.297 e. The van der Waals surface area contributed by atoms with Crippen molar-refractivity contribution in [3.8, 4) is 0 Å². The first-order valence-corrected chi connectivity index (χ1v) is 6.07. The van der Waals surface area contributed by atoms with Crippen LogP contribution in [0.15, 0.2) is 0 Å². The molecule has 13 heavy (non-hydrogen) atoms. The Bertz CT molecular complexity index is 159. The van der Waals surface area contributed by atoms with Gasteiger partial charge in [0, 0.05) is 18.6 Å². The number of fused-ring (bicyclic) bond motifs is 3. The Labute approximate surface area is 82.5 Å². The number of rotatable bonds is 3. The van der Waals surface area contributed by atoms with Crippen molar-refractivity contribution in [2.75, 3.05) is 6.54 Å². The quantitative estimate of drug-likeness (QED) is 0.647. The molecular weight excluding hydrogens is 158 g/mol. The Balaban J connectivity index is 1.92. The van der Waals surface area contributed by atoms with Crippen LogP contribution in [-0.2, 0) is 0 Å². The van der Waals surface area contributed by atoms with E-state index in [9.17, 15) is 0 Å². The molecule has 1 saturated carbocycles. The minimum Gasteiger partial charge on any atom is -0.297 e. The molecule has 0 N–H and O–H groups in total. The van der Waals surface area contributed by atoms with Gasteiger partial charge in [0.2, 0.25) is 0 Å². The van der Waals surface area contributed by atoms with Crippen LogP contribution in [0.1, 0.15) is 52.4 Å². The second-order valence-electron chi connectivity index (χ2n) is 5.01. The van der Waals surface area contributed by atoms with Crippen LogP contribution in [0.3, 0.4) is 0 Å². The topological polar surface area (TPSA) is 3.24 Å². The predicted octanol–water partition coefficient (Wildman–Crippen LogP) is 3.05. The van der Waals surface area contributed by atoms with E-state index in [1.165, 1.54) is 45.1 Å². The predicted molar refractivity (Wildman–Crippen MR) is 56.8 cm³/mol. The summed E-state index contributed by atoms with van der Waals surface area (Å²) in [5.74, 6) is 1.05. The molecule has 0 aromatic heterocycles. The summed E-state index contributed by atoms with van der Waals surface area (Å²) >= 11 is 0. The number of nitrogens with zero attached hydrogens (tertiary/aromatic N) is 1. The van der Waals surface area contributed by atoms with E-state index in [1.807, 2.05) is 0 Å². The zero-order valence-corrected chi connectivity index (χ0v) is 9.13. The maximum atomic E-state index is 2.79. The van der Waals surface area contributed by atoms with E-state index >= 15 is 0 Å². The summed E-state index contributed by atoms with van der Waals surface area (Å²) in [5.41, 5.74) is 0. The first-order chi connectivity index (χ1) is 6.31. The van der Waals surface area contributed by atoms with E-state index in [-0.39, 0.29) is 0 Å². The van der Waals surface area contributed by atoms with Crippen molar-refractivity contribution in [2.24, 2.45) is 5.92 Å². The van der Waals surface area contributed by atoms with E-state index in [4.69, 9.17) is 0 Å². The minimum atomic E-state index is 0.845. The SMILES string of the molecule is CCCC(C)N1CC2CCC1CC2. The fourth-order valence-corrected chi connectivity index (χ4v) is 3.23. The van der Waals surface area contributed by atoms with Crippen molar-refractivity contribution in [2.45, 2.75) is 64.5 Å². The lowest BCUT2D eigenvalue weighted by atomic mass is 9.79. The maximum absolute atomic E-state index is 2.79. The monoisotopic (exact) mass is 181 g/mol. The summed E-state index contributed by atoms with van der Waals surface area (Å²) in [7, 11) is 0. The molecule has 0 aromatic rings. The third-order valence-corrected chi connectivity index (χ3v) is 4.03. The summed E-state index contributed by atoms with van der Waals surface area (Å²) in [6.07, 6.45) is 8.73. The lowest BCUT2D eigenvalue weighted by molar-refractivity contribution is 0.0166. The van der Waals surface area contributed by atoms with Crippen molar-refractivity contribution < 1.29 is 0 Å². The summed E-state index contributed by atoms with van der Waals surface area (Å²) in [6, 6.07) is 1.80. The van der Waals surface area contributed by atoms with Crippen LogP contribution in [0.4, 0.5) is 0 Å². The highest BCUT2D eigenvalue weighted by Gasteiger charge is 2.35. The Hall–Kier alpha value is -0.0400. The highest BCUT2D eigenvalue weighted by atomic mass is 15.2. The number of hydrogen-bond donors (Lipinski definition) is 0. The molecule has 0 aromatic carbocycles. The van der Waals surface area contributed by atoms with Gasteiger partial charge in [-0.25, -0.2) is 0 Å². The second kappa shape index (κ2) is 4.00. The lowest BCUT2D eigenvalue weighted by Gasteiger charge is -2.48. The molecule has 2 saturated heterocycles. The van der Waals surface area contributed by atoms with Gasteiger partial charge in [-0.3, -0.25) is 4.90 Å². The summed E-state index contributed by atoms with van der Waals surface area (Å²) in [5, 5.41) is 0. The van der Waals surface area contributed by atoms with E-state index in [1.54, 1.807) is 0 Å². The van der Waals surface area contributed by atoms with Crippen LogP contribution in [0.25, 0.3) is 0 Å². The smallest absolute Gasteiger partial charge is 0.00984 e. The highest BCUT2D eigenvalue weighted by molar-refractivity contribution is 4.90. The molecule has 3 rings (SSSR count). The van der Waals surface area contributed by atoms with Gasteiger partial charge < -0.3 is 0 Å². The van der Waals surface area contributed by atoms with Crippen molar-refractivity contribution >= 4 is 0 Å². The van der Waals surface area contributed by atoms with Gasteiger partial charge in [0.15, 0.2) is 0 Å². The molecule has 0 spiro atoms. The molecule has 2 aliphatic heterocycles. The normalized spacial score (nSPS) is 36.5. The molecule has 1 atom stereocenters. The molecule has 1 unspecified atom stereocenters. The molecule has 1 heteroatoms. The molecule has 2 heterocycles. The minimum absolute atomic E-state index is 0.845. The molecule has 3 fully saturated rings. The van der Waals surface area contributed by atoms with E-state index in [0.717, 1.165) is 18.0 Å². The van der Waals surface area contributed by atoms with Gasteiger partial charge in [-0.1, -0.05) is 13.3 Å². The summed E-state index contributed by atoms with van der Waals surface area (Å²) in [4.78, 5) is 2.79. The van der Waals surface area contributed by atoms with Crippen molar-refractivity contribution in [1.82, 2.24) is 4.90 Å². The molecule has 2 bridgehead atoms. The van der Waals surface area contributed by atoms with E-state index in [2.05, 4.69) is 18.7 Å². The molecule has 76 valence electrons. The number of hydrogen-bond acceptors (Lipinski definition) is 1. The van der Waals surface area contributed by atoms with Crippen LogP contribution in [0.5, 0.6) is 0 Å². The Morgan fingerprint density at radius 1 is 1.23 bits per heavy atom. The fraction of sp³-hybridized carbons (Fsp3) is 1.00. The lowest BCUT2D eigenvalue weighted by Crippen LogP contribution is -2.51. The second-order valence-corrected chi connectivity index (χ2v) is 5.01. The van der Waals surface area contributed by atoms with Gasteiger partial charge in [-0.05, 0) is 44.9 Å². The van der Waals surface area contributed by atoms with E-state index in [0.29, 0.717) is 0 Å². The molecule has 0 amide bonds. The standard InChI is InChI=1S/C12H23N/c1-3-4-10(2)13-9-11-5-7-12(13)8-6-11/h10-12H,3-9H2,1-2H3. The van der Waals surface area contributed by atoms with Gasteiger partial charge in [0.25, 0.3) is 0 Å². The highest BCUT2D eigenvalue weighted by Crippen LogP contribution is 2.36. The van der Waals surface area contributed by atoms with Crippen molar-refractivity contribution in [1.29, 1.82) is 0 Å². The Morgan fingerprint density at radius 2 is 1.92 bits per heavy atom. The average Bonchev–Trinajstić information content (AvgIpc) is 2.20. The van der Waals surface area contributed by atoms with Gasteiger partial charge in [-0.2, -0.15) is 0 Å². The third kappa shape index (κ3) is 1.90. The maximum Gasteiger partial charge on any atom is 0.00984 e. The Kier molecular flexibility index (Phi) is 2.92. The van der Waals surface area contributed by atoms with Crippen LogP contribution < -0.4 is 0 Å². The van der Waals surface area contributed by atoms with Gasteiger partial charge in [-0.15, -0.1) is 0 Å². The van der Waals surface area contributed by atoms with Gasteiger partial charge in [0.1, 0.15) is 0 Å². The zero-order chi connectivity index (χ0) is 9.26. The van der Waals surface area contributed by atoms with Gasteiger partial charge in [0.05, 0.1) is 0 Å². The summed E-state index contributed by atoms with van der Waals surface area (Å²) in [6.45, 7) is 6.13. The third-order valence-electron chi connectivity index (χ3n) is 4.03.